The van der Waals surface area contributed by atoms with Crippen molar-refractivity contribution in [1.29, 1.82) is 0 Å². The van der Waals surface area contributed by atoms with E-state index < -0.39 is 13.0 Å². The summed E-state index contributed by atoms with van der Waals surface area (Å²) >= 11 is 14.4. The van der Waals surface area contributed by atoms with E-state index in [1.807, 2.05) is 6.07 Å². The third kappa shape index (κ3) is 4.96. The summed E-state index contributed by atoms with van der Waals surface area (Å²) in [7, 11) is 0. The molecule has 0 amide bonds. The lowest BCUT2D eigenvalue weighted by Gasteiger charge is -2.07. The van der Waals surface area contributed by atoms with Gasteiger partial charge in [0.2, 0.25) is 0 Å². The molecule has 92 valence electrons. The first kappa shape index (κ1) is 14.8. The summed E-state index contributed by atoms with van der Waals surface area (Å²) in [6.45, 7) is -0.285. The number of rotatable bonds is 6. The van der Waals surface area contributed by atoms with Gasteiger partial charge < -0.3 is 4.74 Å². The van der Waals surface area contributed by atoms with Crippen molar-refractivity contribution in [3.05, 3.63) is 19.2 Å². The number of hydrogen-bond donors (Lipinski definition) is 0. The molecule has 1 nitrogen and oxygen atoms in total. The minimum atomic E-state index is -2.42. The van der Waals surface area contributed by atoms with Gasteiger partial charge in [-0.05, 0) is 44.3 Å². The number of hydrogen-bond acceptors (Lipinski definition) is 2. The smallest absolute Gasteiger partial charge is 0.261 e. The van der Waals surface area contributed by atoms with E-state index in [9.17, 15) is 8.78 Å². The molecule has 1 unspecified atom stereocenters. The van der Waals surface area contributed by atoms with E-state index in [4.69, 9.17) is 16.3 Å². The van der Waals surface area contributed by atoms with Crippen LogP contribution in [0.25, 0.3) is 0 Å². The molecule has 0 aliphatic rings. The van der Waals surface area contributed by atoms with Crippen LogP contribution < -0.4 is 0 Å². The van der Waals surface area contributed by atoms with E-state index in [2.05, 4.69) is 31.9 Å². The van der Waals surface area contributed by atoms with Crippen molar-refractivity contribution < 1.29 is 13.5 Å². The molecule has 0 bridgehead atoms. The summed E-state index contributed by atoms with van der Waals surface area (Å²) in [5.41, 5.74) is 0. The van der Waals surface area contributed by atoms with E-state index >= 15 is 0 Å². The standard InChI is InChI=1S/C9H9Br2ClF2OS/c10-5-3-7(16-9(5)11)6(12)1-2-15-4-8(13)14/h3,6,8H,1-2,4H2. The largest absolute Gasteiger partial charge is 0.375 e. The Morgan fingerprint density at radius 1 is 1.44 bits per heavy atom. The first-order valence-electron chi connectivity index (χ1n) is 4.45. The van der Waals surface area contributed by atoms with Gasteiger partial charge in [-0.25, -0.2) is 8.78 Å². The van der Waals surface area contributed by atoms with Crippen molar-refractivity contribution in [1.82, 2.24) is 0 Å². The minimum Gasteiger partial charge on any atom is -0.375 e. The van der Waals surface area contributed by atoms with Gasteiger partial charge in [0.1, 0.15) is 6.61 Å². The second-order valence-corrected chi connectivity index (χ2v) is 6.78. The Bertz CT molecular complexity index is 316. The molecule has 1 atom stereocenters. The van der Waals surface area contributed by atoms with Crippen LogP contribution in [0, 0.1) is 0 Å². The van der Waals surface area contributed by atoms with Crippen LogP contribution in [-0.4, -0.2) is 19.6 Å². The average molecular weight is 398 g/mol. The van der Waals surface area contributed by atoms with Gasteiger partial charge in [-0.15, -0.1) is 22.9 Å². The molecule has 0 aliphatic carbocycles. The van der Waals surface area contributed by atoms with Crippen LogP contribution in [-0.2, 0) is 4.74 Å². The molecule has 1 heterocycles. The van der Waals surface area contributed by atoms with Crippen LogP contribution in [0.15, 0.2) is 14.3 Å². The number of thiophene rings is 1. The monoisotopic (exact) mass is 396 g/mol. The summed E-state index contributed by atoms with van der Waals surface area (Å²) in [6.07, 6.45) is -1.90. The molecule has 0 fully saturated rings. The zero-order chi connectivity index (χ0) is 12.1. The third-order valence-electron chi connectivity index (χ3n) is 1.73. The van der Waals surface area contributed by atoms with Crippen LogP contribution in [0.4, 0.5) is 8.78 Å². The molecule has 0 saturated heterocycles. The molecule has 7 heteroatoms. The maximum absolute atomic E-state index is 11.8. The zero-order valence-electron chi connectivity index (χ0n) is 8.06. The second-order valence-electron chi connectivity index (χ2n) is 2.99. The van der Waals surface area contributed by atoms with Crippen molar-refractivity contribution in [3.8, 4) is 0 Å². The Labute approximate surface area is 118 Å². The molecule has 0 saturated carbocycles. The van der Waals surface area contributed by atoms with Crippen molar-refractivity contribution in [2.24, 2.45) is 0 Å². The van der Waals surface area contributed by atoms with Gasteiger partial charge >= 0.3 is 0 Å². The molecule has 0 spiro atoms. The maximum atomic E-state index is 11.8. The van der Waals surface area contributed by atoms with E-state index in [1.165, 1.54) is 11.3 Å². The summed E-state index contributed by atoms with van der Waals surface area (Å²) in [6, 6.07) is 1.92. The Kier molecular flexibility index (Phi) is 6.73. The fraction of sp³-hybridized carbons (Fsp3) is 0.556. The van der Waals surface area contributed by atoms with Crippen LogP contribution in [0.5, 0.6) is 0 Å². The second kappa shape index (κ2) is 7.26. The lowest BCUT2D eigenvalue weighted by Crippen LogP contribution is -2.06. The quantitative estimate of drug-likeness (QED) is 0.471. The fourth-order valence-electron chi connectivity index (χ4n) is 1.02. The highest BCUT2D eigenvalue weighted by molar-refractivity contribution is 9.13. The van der Waals surface area contributed by atoms with Gasteiger partial charge in [0.15, 0.2) is 0 Å². The highest BCUT2D eigenvalue weighted by Crippen LogP contribution is 2.38. The summed E-state index contributed by atoms with van der Waals surface area (Å²) < 4.78 is 30.2. The van der Waals surface area contributed by atoms with Crippen LogP contribution >= 0.6 is 54.8 Å². The Hall–Kier alpha value is 0.770. The van der Waals surface area contributed by atoms with E-state index in [0.717, 1.165) is 13.1 Å². The third-order valence-corrected chi connectivity index (χ3v) is 5.69. The van der Waals surface area contributed by atoms with Crippen molar-refractivity contribution in [3.63, 3.8) is 0 Å². The molecular formula is C9H9Br2ClF2OS. The Morgan fingerprint density at radius 2 is 2.12 bits per heavy atom. The number of alkyl halides is 3. The summed E-state index contributed by atoms with van der Waals surface area (Å²) in [5.74, 6) is 0. The lowest BCUT2D eigenvalue weighted by atomic mass is 10.3. The SMILES string of the molecule is FC(F)COCCC(Cl)c1cc(Br)c(Br)s1. The van der Waals surface area contributed by atoms with Gasteiger partial charge in [0.25, 0.3) is 6.43 Å². The molecule has 1 rings (SSSR count). The van der Waals surface area contributed by atoms with Crippen LogP contribution in [0.1, 0.15) is 16.7 Å². The molecule has 1 aromatic rings. The van der Waals surface area contributed by atoms with Crippen LogP contribution in [0.3, 0.4) is 0 Å². The van der Waals surface area contributed by atoms with Gasteiger partial charge in [0.05, 0.1) is 9.16 Å². The van der Waals surface area contributed by atoms with E-state index in [0.29, 0.717) is 6.42 Å². The highest BCUT2D eigenvalue weighted by Gasteiger charge is 2.13. The summed E-state index contributed by atoms with van der Waals surface area (Å²) in [4.78, 5) is 0.987. The number of ether oxygens (including phenoxy) is 1. The van der Waals surface area contributed by atoms with Gasteiger partial charge in [-0.1, -0.05) is 0 Å². The number of halogens is 5. The molecule has 16 heavy (non-hydrogen) atoms. The Morgan fingerprint density at radius 3 is 2.62 bits per heavy atom. The molecule has 0 N–H and O–H groups in total. The normalized spacial score (nSPS) is 13.4. The topological polar surface area (TPSA) is 9.23 Å². The first-order valence-corrected chi connectivity index (χ1v) is 7.29. The lowest BCUT2D eigenvalue weighted by molar-refractivity contribution is 0.0166. The molecular weight excluding hydrogens is 389 g/mol. The molecule has 0 aromatic carbocycles. The highest BCUT2D eigenvalue weighted by atomic mass is 79.9. The van der Waals surface area contributed by atoms with E-state index in [1.54, 1.807) is 0 Å². The first-order chi connectivity index (χ1) is 7.50. The molecule has 0 radical (unpaired) electrons. The van der Waals surface area contributed by atoms with Crippen LogP contribution in [0.2, 0.25) is 0 Å². The fourth-order valence-corrected chi connectivity index (χ4v) is 3.41. The molecule has 1 aromatic heterocycles. The predicted octanol–water partition coefficient (Wildman–Crippen LogP) is 5.22. The molecule has 0 aliphatic heterocycles. The zero-order valence-corrected chi connectivity index (χ0v) is 12.8. The van der Waals surface area contributed by atoms with Crippen molar-refractivity contribution in [2.75, 3.05) is 13.2 Å². The predicted molar refractivity (Wildman–Crippen MR) is 69.8 cm³/mol. The van der Waals surface area contributed by atoms with Gasteiger partial charge in [-0.2, -0.15) is 0 Å². The van der Waals surface area contributed by atoms with Gasteiger partial charge in [-0.3, -0.25) is 0 Å². The minimum absolute atomic E-state index is 0.203. The van der Waals surface area contributed by atoms with E-state index in [-0.39, 0.29) is 12.0 Å². The Balaban J connectivity index is 2.32. The van der Waals surface area contributed by atoms with Crippen molar-refractivity contribution >= 4 is 54.8 Å². The summed E-state index contributed by atoms with van der Waals surface area (Å²) in [5, 5.41) is -0.203. The van der Waals surface area contributed by atoms with Crippen molar-refractivity contribution in [2.45, 2.75) is 18.2 Å². The maximum Gasteiger partial charge on any atom is 0.261 e. The average Bonchev–Trinajstić information content (AvgIpc) is 2.54. The van der Waals surface area contributed by atoms with Gasteiger partial charge in [0, 0.05) is 16.0 Å².